The Labute approximate surface area is 151 Å². The summed E-state index contributed by atoms with van der Waals surface area (Å²) in [5, 5.41) is 0. The average molecular weight is 349 g/mol. The average Bonchev–Trinajstić information content (AvgIpc) is 2.82. The third-order valence-corrected chi connectivity index (χ3v) is 5.45. The number of hydrogen-bond acceptors (Lipinski definition) is 4. The van der Waals surface area contributed by atoms with E-state index in [4.69, 9.17) is 0 Å². The Bertz CT molecular complexity index is 825. The lowest BCUT2D eigenvalue weighted by Crippen LogP contribution is -2.40. The van der Waals surface area contributed by atoms with Crippen molar-refractivity contribution in [2.45, 2.75) is 44.6 Å². The summed E-state index contributed by atoms with van der Waals surface area (Å²) < 4.78 is 0. The molecule has 1 aromatic rings. The van der Waals surface area contributed by atoms with Gasteiger partial charge in [-0.15, -0.1) is 0 Å². The number of rotatable bonds is 3. The first-order valence-corrected chi connectivity index (χ1v) is 9.00. The van der Waals surface area contributed by atoms with Crippen LogP contribution in [-0.2, 0) is 9.59 Å². The van der Waals surface area contributed by atoms with Crippen molar-refractivity contribution in [1.29, 1.82) is 0 Å². The molecule has 132 valence electrons. The third kappa shape index (κ3) is 2.64. The molecule has 1 saturated carbocycles. The molecule has 0 saturated heterocycles. The summed E-state index contributed by atoms with van der Waals surface area (Å²) in [6.45, 7) is 0. The fraction of sp³-hybridized carbons (Fsp3) is 0.333. The van der Waals surface area contributed by atoms with E-state index in [-0.39, 0.29) is 24.3 Å². The molecule has 4 rings (SSSR count). The maximum atomic E-state index is 12.9. The van der Waals surface area contributed by atoms with Crippen molar-refractivity contribution in [3.63, 3.8) is 0 Å². The van der Waals surface area contributed by atoms with Crippen LogP contribution in [0.1, 0.15) is 70.4 Å². The predicted molar refractivity (Wildman–Crippen MR) is 96.5 cm³/mol. The number of carbonyl (C=O) groups excluding carboxylic acids is 4. The van der Waals surface area contributed by atoms with Crippen LogP contribution in [0.15, 0.2) is 23.3 Å². The maximum absolute atomic E-state index is 12.9. The van der Waals surface area contributed by atoms with Gasteiger partial charge < -0.3 is 0 Å². The van der Waals surface area contributed by atoms with E-state index in [9.17, 15) is 19.2 Å². The Morgan fingerprint density at radius 1 is 0.808 bits per heavy atom. The van der Waals surface area contributed by atoms with E-state index in [0.29, 0.717) is 33.4 Å². The van der Waals surface area contributed by atoms with Crippen molar-refractivity contribution in [3.05, 3.63) is 45.5 Å². The summed E-state index contributed by atoms with van der Waals surface area (Å²) in [6.07, 6.45) is 10.0. The number of nitrogens with zero attached hydrogens (tertiary/aromatic N) is 1. The zero-order chi connectivity index (χ0) is 18.3. The standard InChI is InChI=1S/C21H19NO4/c23-11-13-6-14(12-24)8-16-10-19-18(9-15(16)7-13)20(25)22(21(19)26)17-4-2-1-3-5-17/h7-12,17H,1-6H2. The van der Waals surface area contributed by atoms with Crippen molar-refractivity contribution < 1.29 is 19.2 Å². The van der Waals surface area contributed by atoms with Gasteiger partial charge in [0.2, 0.25) is 0 Å². The highest BCUT2D eigenvalue weighted by atomic mass is 16.2. The van der Waals surface area contributed by atoms with Crippen LogP contribution in [0.4, 0.5) is 0 Å². The minimum atomic E-state index is -0.246. The number of hydrogen-bond donors (Lipinski definition) is 0. The monoisotopic (exact) mass is 349 g/mol. The van der Waals surface area contributed by atoms with Gasteiger partial charge in [-0.05, 0) is 59.4 Å². The highest BCUT2D eigenvalue weighted by Gasteiger charge is 2.40. The number of aldehydes is 2. The van der Waals surface area contributed by atoms with Gasteiger partial charge in [-0.1, -0.05) is 19.3 Å². The number of amides is 2. The van der Waals surface area contributed by atoms with E-state index in [2.05, 4.69) is 0 Å². The first kappa shape index (κ1) is 16.6. The van der Waals surface area contributed by atoms with Gasteiger partial charge in [0.25, 0.3) is 11.8 Å². The summed E-state index contributed by atoms with van der Waals surface area (Å²) >= 11 is 0. The minimum absolute atomic E-state index is 0.0295. The second-order valence-electron chi connectivity index (χ2n) is 7.15. The van der Waals surface area contributed by atoms with Gasteiger partial charge in [0.05, 0.1) is 11.1 Å². The van der Waals surface area contributed by atoms with Crippen LogP contribution in [0, 0.1) is 0 Å². The van der Waals surface area contributed by atoms with Crippen LogP contribution >= 0.6 is 0 Å². The minimum Gasteiger partial charge on any atom is -0.298 e. The smallest absolute Gasteiger partial charge is 0.261 e. The Kier molecular flexibility index (Phi) is 4.15. The molecule has 2 amide bonds. The molecule has 0 spiro atoms. The normalized spacial score (nSPS) is 20.1. The Morgan fingerprint density at radius 2 is 1.31 bits per heavy atom. The molecule has 1 heterocycles. The third-order valence-electron chi connectivity index (χ3n) is 5.45. The number of imide groups is 1. The molecule has 0 atom stereocenters. The van der Waals surface area contributed by atoms with Crippen LogP contribution in [-0.4, -0.2) is 35.3 Å². The number of fused-ring (bicyclic) bond motifs is 2. The van der Waals surface area contributed by atoms with E-state index in [1.165, 1.54) is 4.90 Å². The first-order chi connectivity index (χ1) is 12.6. The van der Waals surface area contributed by atoms with Crippen molar-refractivity contribution >= 4 is 36.5 Å². The summed E-state index contributed by atoms with van der Waals surface area (Å²) in [7, 11) is 0. The van der Waals surface area contributed by atoms with E-state index in [1.807, 2.05) is 0 Å². The van der Waals surface area contributed by atoms with Crippen molar-refractivity contribution in [1.82, 2.24) is 4.90 Å². The lowest BCUT2D eigenvalue weighted by atomic mass is 9.94. The number of benzene rings is 1. The predicted octanol–water partition coefficient (Wildman–Crippen LogP) is 3.18. The molecule has 0 radical (unpaired) electrons. The van der Waals surface area contributed by atoms with E-state index < -0.39 is 0 Å². The Hall–Kier alpha value is -2.82. The molecule has 5 nitrogen and oxygen atoms in total. The van der Waals surface area contributed by atoms with Gasteiger partial charge >= 0.3 is 0 Å². The topological polar surface area (TPSA) is 71.5 Å². The zero-order valence-corrected chi connectivity index (χ0v) is 14.4. The fourth-order valence-corrected chi connectivity index (χ4v) is 4.15. The maximum Gasteiger partial charge on any atom is 0.261 e. The molecule has 1 aliphatic heterocycles. The molecule has 0 bridgehead atoms. The summed E-state index contributed by atoms with van der Waals surface area (Å²) in [5.41, 5.74) is 3.11. The van der Waals surface area contributed by atoms with Gasteiger partial charge in [0, 0.05) is 12.5 Å². The van der Waals surface area contributed by atoms with Gasteiger partial charge in [0.15, 0.2) is 0 Å². The van der Waals surface area contributed by atoms with Gasteiger partial charge in [0.1, 0.15) is 12.6 Å². The van der Waals surface area contributed by atoms with Crippen LogP contribution < -0.4 is 0 Å². The number of allylic oxidation sites excluding steroid dienone is 2. The highest BCUT2D eigenvalue weighted by Crippen LogP contribution is 2.34. The molecule has 0 aromatic heterocycles. The molecule has 3 aliphatic rings. The lowest BCUT2D eigenvalue weighted by Gasteiger charge is -2.29. The van der Waals surface area contributed by atoms with Gasteiger partial charge in [-0.25, -0.2) is 0 Å². The lowest BCUT2D eigenvalue weighted by molar-refractivity contribution is -0.105. The molecular formula is C21H19NO4. The van der Waals surface area contributed by atoms with E-state index in [1.54, 1.807) is 24.3 Å². The molecule has 1 fully saturated rings. The Balaban J connectivity index is 1.80. The Morgan fingerprint density at radius 3 is 1.77 bits per heavy atom. The van der Waals surface area contributed by atoms with E-state index >= 15 is 0 Å². The molecule has 0 N–H and O–H groups in total. The first-order valence-electron chi connectivity index (χ1n) is 9.00. The van der Waals surface area contributed by atoms with Crippen molar-refractivity contribution in [2.24, 2.45) is 0 Å². The molecule has 0 unspecified atom stereocenters. The van der Waals surface area contributed by atoms with Crippen LogP contribution in [0.25, 0.3) is 12.2 Å². The van der Waals surface area contributed by atoms with Crippen LogP contribution in [0.2, 0.25) is 0 Å². The number of carbonyl (C=O) groups is 4. The van der Waals surface area contributed by atoms with Crippen LogP contribution in [0.5, 0.6) is 0 Å². The SMILES string of the molecule is O=CC1=Cc2cc3c(cc2C=C(C=O)C1)C(=O)N(C1CCCCC1)C3=O. The highest BCUT2D eigenvalue weighted by molar-refractivity contribution is 6.22. The molecule has 5 heteroatoms. The summed E-state index contributed by atoms with van der Waals surface area (Å²) in [6, 6.07) is 3.33. The largest absolute Gasteiger partial charge is 0.298 e. The molecule has 2 aliphatic carbocycles. The molecule has 26 heavy (non-hydrogen) atoms. The summed E-state index contributed by atoms with van der Waals surface area (Å²) in [4.78, 5) is 49.7. The van der Waals surface area contributed by atoms with Crippen molar-refractivity contribution in [3.8, 4) is 0 Å². The van der Waals surface area contributed by atoms with Crippen molar-refractivity contribution in [2.75, 3.05) is 0 Å². The van der Waals surface area contributed by atoms with Gasteiger partial charge in [-0.3, -0.25) is 24.1 Å². The van der Waals surface area contributed by atoms with Gasteiger partial charge in [-0.2, -0.15) is 0 Å². The second kappa shape index (κ2) is 6.48. The quantitative estimate of drug-likeness (QED) is 0.621. The van der Waals surface area contributed by atoms with Crippen LogP contribution in [0.3, 0.4) is 0 Å². The second-order valence-corrected chi connectivity index (χ2v) is 7.15. The summed E-state index contributed by atoms with van der Waals surface area (Å²) in [5.74, 6) is -0.491. The fourth-order valence-electron chi connectivity index (χ4n) is 4.15. The molecule has 1 aromatic carbocycles. The zero-order valence-electron chi connectivity index (χ0n) is 14.4. The van der Waals surface area contributed by atoms with E-state index in [0.717, 1.165) is 44.7 Å². The molecular weight excluding hydrogens is 330 g/mol.